The fourth-order valence-electron chi connectivity index (χ4n) is 2.35. The second-order valence-corrected chi connectivity index (χ2v) is 6.04. The summed E-state index contributed by atoms with van der Waals surface area (Å²) >= 11 is 2.18. The standard InChI is InChI=1S/C15H20FIN4/c1-3-7-21-15(19-10-20-21)9-14(18-4-2)12-6-5-11(16)8-13(12)17/h5-6,8,10,14,18H,3-4,7,9H2,1-2H3. The third-order valence-corrected chi connectivity index (χ3v) is 4.24. The largest absolute Gasteiger partial charge is 0.310 e. The van der Waals surface area contributed by atoms with Gasteiger partial charge in [-0.3, -0.25) is 4.68 Å². The first-order valence-electron chi connectivity index (χ1n) is 7.20. The van der Waals surface area contributed by atoms with Crippen LogP contribution in [0.2, 0.25) is 0 Å². The minimum absolute atomic E-state index is 0.113. The molecule has 1 N–H and O–H groups in total. The van der Waals surface area contributed by atoms with Gasteiger partial charge in [-0.1, -0.05) is 19.9 Å². The third kappa shape index (κ3) is 4.23. The fraction of sp³-hybridized carbons (Fsp3) is 0.467. The van der Waals surface area contributed by atoms with Crippen molar-refractivity contribution in [3.63, 3.8) is 0 Å². The maximum atomic E-state index is 13.3. The highest BCUT2D eigenvalue weighted by Gasteiger charge is 2.17. The van der Waals surface area contributed by atoms with E-state index < -0.39 is 0 Å². The van der Waals surface area contributed by atoms with Crippen molar-refractivity contribution < 1.29 is 4.39 Å². The second kappa shape index (κ2) is 7.84. The van der Waals surface area contributed by atoms with Crippen molar-refractivity contribution in [1.29, 1.82) is 0 Å². The first-order chi connectivity index (χ1) is 10.2. The Morgan fingerprint density at radius 2 is 2.19 bits per heavy atom. The minimum atomic E-state index is -0.201. The number of nitrogens with one attached hydrogen (secondary N) is 1. The van der Waals surface area contributed by atoms with Crippen LogP contribution in [-0.4, -0.2) is 21.3 Å². The normalized spacial score (nSPS) is 12.6. The lowest BCUT2D eigenvalue weighted by molar-refractivity contribution is 0.496. The number of benzene rings is 1. The summed E-state index contributed by atoms with van der Waals surface area (Å²) in [6.07, 6.45) is 3.37. The molecule has 2 rings (SSSR count). The van der Waals surface area contributed by atoms with Gasteiger partial charge in [0.05, 0.1) is 0 Å². The van der Waals surface area contributed by atoms with Crippen molar-refractivity contribution in [1.82, 2.24) is 20.1 Å². The molecule has 0 spiro atoms. The zero-order chi connectivity index (χ0) is 15.2. The molecule has 0 saturated carbocycles. The van der Waals surface area contributed by atoms with E-state index in [0.29, 0.717) is 0 Å². The smallest absolute Gasteiger partial charge is 0.138 e. The Morgan fingerprint density at radius 1 is 1.38 bits per heavy atom. The number of likely N-dealkylation sites (N-methyl/N-ethyl adjacent to an activating group) is 1. The summed E-state index contributed by atoms with van der Waals surface area (Å²) in [6.45, 7) is 5.91. The van der Waals surface area contributed by atoms with Crippen LogP contribution in [0.15, 0.2) is 24.5 Å². The molecule has 0 saturated heterocycles. The van der Waals surface area contributed by atoms with Crippen LogP contribution in [0.5, 0.6) is 0 Å². The lowest BCUT2D eigenvalue weighted by atomic mass is 10.0. The predicted octanol–water partition coefficient (Wildman–Crippen LogP) is 3.33. The number of hydrogen-bond acceptors (Lipinski definition) is 3. The van der Waals surface area contributed by atoms with Crippen LogP contribution in [0.4, 0.5) is 4.39 Å². The zero-order valence-corrected chi connectivity index (χ0v) is 14.5. The highest BCUT2D eigenvalue weighted by atomic mass is 127. The first-order valence-corrected chi connectivity index (χ1v) is 8.28. The average molecular weight is 402 g/mol. The number of aryl methyl sites for hydroxylation is 1. The molecule has 1 unspecified atom stereocenters. The average Bonchev–Trinajstić information content (AvgIpc) is 2.86. The molecule has 0 aliphatic carbocycles. The molecule has 0 aliphatic rings. The molecule has 1 aromatic heterocycles. The summed E-state index contributed by atoms with van der Waals surface area (Å²) in [4.78, 5) is 4.36. The van der Waals surface area contributed by atoms with E-state index in [2.05, 4.69) is 51.8 Å². The Balaban J connectivity index is 2.24. The molecule has 21 heavy (non-hydrogen) atoms. The van der Waals surface area contributed by atoms with Gasteiger partial charge in [0.25, 0.3) is 0 Å². The molecule has 2 aromatic rings. The van der Waals surface area contributed by atoms with Gasteiger partial charge in [-0.2, -0.15) is 5.10 Å². The molecule has 114 valence electrons. The van der Waals surface area contributed by atoms with Crippen LogP contribution in [-0.2, 0) is 13.0 Å². The van der Waals surface area contributed by atoms with Crippen LogP contribution in [0.1, 0.15) is 37.7 Å². The van der Waals surface area contributed by atoms with Crippen LogP contribution in [0.25, 0.3) is 0 Å². The molecule has 0 fully saturated rings. The van der Waals surface area contributed by atoms with Crippen LogP contribution < -0.4 is 5.32 Å². The van der Waals surface area contributed by atoms with Gasteiger partial charge < -0.3 is 5.32 Å². The summed E-state index contributed by atoms with van der Waals surface area (Å²) in [5.41, 5.74) is 1.10. The van der Waals surface area contributed by atoms with Crippen molar-refractivity contribution in [3.8, 4) is 0 Å². The molecule has 1 heterocycles. The van der Waals surface area contributed by atoms with E-state index >= 15 is 0 Å². The molecule has 1 atom stereocenters. The summed E-state index contributed by atoms with van der Waals surface area (Å²) in [5.74, 6) is 0.760. The highest BCUT2D eigenvalue weighted by molar-refractivity contribution is 14.1. The maximum absolute atomic E-state index is 13.3. The Kier molecular flexibility index (Phi) is 6.10. The van der Waals surface area contributed by atoms with Gasteiger partial charge in [0.1, 0.15) is 18.0 Å². The number of hydrogen-bond donors (Lipinski definition) is 1. The molecule has 1 aromatic carbocycles. The highest BCUT2D eigenvalue weighted by Crippen LogP contribution is 2.24. The van der Waals surface area contributed by atoms with E-state index in [1.165, 1.54) is 6.07 Å². The van der Waals surface area contributed by atoms with E-state index in [1.54, 1.807) is 12.4 Å². The van der Waals surface area contributed by atoms with E-state index in [4.69, 9.17) is 0 Å². The van der Waals surface area contributed by atoms with Gasteiger partial charge in [0, 0.05) is 22.6 Å². The lowest BCUT2D eigenvalue weighted by Gasteiger charge is -2.19. The molecule has 6 heteroatoms. The predicted molar refractivity (Wildman–Crippen MR) is 89.6 cm³/mol. The lowest BCUT2D eigenvalue weighted by Crippen LogP contribution is -2.25. The summed E-state index contributed by atoms with van der Waals surface area (Å²) in [5, 5.41) is 7.72. The van der Waals surface area contributed by atoms with Crippen molar-refractivity contribution in [2.24, 2.45) is 0 Å². The topological polar surface area (TPSA) is 42.7 Å². The molecular formula is C15H20FIN4. The van der Waals surface area contributed by atoms with Crippen LogP contribution >= 0.6 is 22.6 Å². The van der Waals surface area contributed by atoms with E-state index in [0.717, 1.165) is 40.9 Å². The van der Waals surface area contributed by atoms with E-state index in [1.807, 2.05) is 10.7 Å². The van der Waals surface area contributed by atoms with E-state index in [-0.39, 0.29) is 11.9 Å². The SMILES string of the molecule is CCCn1ncnc1CC(NCC)c1ccc(F)cc1I. The number of rotatable bonds is 7. The zero-order valence-electron chi connectivity index (χ0n) is 12.3. The number of aromatic nitrogens is 3. The molecule has 0 radical (unpaired) electrons. The van der Waals surface area contributed by atoms with Gasteiger partial charge >= 0.3 is 0 Å². The van der Waals surface area contributed by atoms with Crippen LogP contribution in [0, 0.1) is 9.39 Å². The maximum Gasteiger partial charge on any atom is 0.138 e. The van der Waals surface area contributed by atoms with Crippen molar-refractivity contribution >= 4 is 22.6 Å². The second-order valence-electron chi connectivity index (χ2n) is 4.88. The van der Waals surface area contributed by atoms with Gasteiger partial charge in [-0.05, 0) is 53.3 Å². The molecule has 4 nitrogen and oxygen atoms in total. The monoisotopic (exact) mass is 402 g/mol. The summed E-state index contributed by atoms with van der Waals surface area (Å²) in [6, 6.07) is 5.04. The molecule has 0 bridgehead atoms. The quantitative estimate of drug-likeness (QED) is 0.723. The minimum Gasteiger partial charge on any atom is -0.310 e. The van der Waals surface area contributed by atoms with Gasteiger partial charge in [0.2, 0.25) is 0 Å². The van der Waals surface area contributed by atoms with Crippen molar-refractivity contribution in [3.05, 3.63) is 45.3 Å². The summed E-state index contributed by atoms with van der Waals surface area (Å²) < 4.78 is 16.2. The molecule has 0 aliphatic heterocycles. The molecule has 0 amide bonds. The van der Waals surface area contributed by atoms with Crippen molar-refractivity contribution in [2.75, 3.05) is 6.54 Å². The summed E-state index contributed by atoms with van der Waals surface area (Å²) in [7, 11) is 0. The van der Waals surface area contributed by atoms with Gasteiger partial charge in [0.15, 0.2) is 0 Å². The van der Waals surface area contributed by atoms with E-state index in [9.17, 15) is 4.39 Å². The van der Waals surface area contributed by atoms with Crippen LogP contribution in [0.3, 0.4) is 0 Å². The first kappa shape index (κ1) is 16.4. The Morgan fingerprint density at radius 3 is 2.86 bits per heavy atom. The van der Waals surface area contributed by atoms with Gasteiger partial charge in [-0.25, -0.2) is 9.37 Å². The Hall–Kier alpha value is -1.02. The Bertz CT molecular complexity index is 585. The van der Waals surface area contributed by atoms with Gasteiger partial charge in [-0.15, -0.1) is 0 Å². The molecular weight excluding hydrogens is 382 g/mol. The fourth-order valence-corrected chi connectivity index (χ4v) is 3.20. The van der Waals surface area contributed by atoms with Crippen molar-refractivity contribution in [2.45, 2.75) is 39.3 Å². The number of nitrogens with zero attached hydrogens (tertiary/aromatic N) is 3. The number of halogens is 2. The Labute approximate surface area is 138 Å². The third-order valence-electron chi connectivity index (χ3n) is 3.31.